The number of thiocarbonyl (C=S) groups is 1. The van der Waals surface area contributed by atoms with Crippen LogP contribution in [0.2, 0.25) is 0 Å². The maximum absolute atomic E-state index is 11.7. The second-order valence-electron chi connectivity index (χ2n) is 3.25. The fraction of sp³-hybridized carbons (Fsp3) is 0.200. The number of carbonyl (C=O) groups is 1. The molecule has 1 rings (SSSR count). The molecule has 1 aromatic carbocycles. The van der Waals surface area contributed by atoms with E-state index in [0.717, 1.165) is 5.46 Å². The van der Waals surface area contributed by atoms with E-state index < -0.39 is 0 Å². The van der Waals surface area contributed by atoms with Gasteiger partial charge < -0.3 is 10.5 Å². The highest BCUT2D eigenvalue weighted by Crippen LogP contribution is 2.16. The van der Waals surface area contributed by atoms with Crippen molar-refractivity contribution in [2.24, 2.45) is 5.73 Å². The molecule has 0 fully saturated rings. The molecule has 4 nitrogen and oxygen atoms in total. The van der Waals surface area contributed by atoms with Crippen LogP contribution in [0.3, 0.4) is 0 Å². The van der Waals surface area contributed by atoms with Gasteiger partial charge in [-0.2, -0.15) is 0 Å². The summed E-state index contributed by atoms with van der Waals surface area (Å²) < 4.78 is 5.35. The summed E-state index contributed by atoms with van der Waals surface area (Å²) in [6.07, 6.45) is 0. The first kappa shape index (κ1) is 12.5. The van der Waals surface area contributed by atoms with Crippen LogP contribution in [-0.2, 0) is 0 Å². The average molecular weight is 236 g/mol. The van der Waals surface area contributed by atoms with Gasteiger partial charge in [0.05, 0.1) is 12.2 Å². The number of amides is 1. The Bertz CT molecular complexity index is 423. The van der Waals surface area contributed by atoms with Crippen molar-refractivity contribution >= 4 is 36.5 Å². The van der Waals surface area contributed by atoms with E-state index in [-0.39, 0.29) is 11.0 Å². The number of ether oxygens (including phenoxy) is 1. The van der Waals surface area contributed by atoms with Crippen LogP contribution < -0.4 is 21.3 Å². The summed E-state index contributed by atoms with van der Waals surface area (Å²) in [6.45, 7) is 2.35. The van der Waals surface area contributed by atoms with E-state index in [9.17, 15) is 4.79 Å². The molecule has 0 aliphatic rings. The fourth-order valence-corrected chi connectivity index (χ4v) is 1.37. The SMILES string of the molecule is Bc1ccc(OCC)c(C(=O)NC(N)=S)c1. The Morgan fingerprint density at radius 1 is 1.62 bits per heavy atom. The molecule has 1 aromatic rings. The summed E-state index contributed by atoms with van der Waals surface area (Å²) in [4.78, 5) is 11.7. The average Bonchev–Trinajstić information content (AvgIpc) is 2.20. The predicted molar refractivity (Wildman–Crippen MR) is 70.0 cm³/mol. The Labute approximate surface area is 101 Å². The smallest absolute Gasteiger partial charge is 0.261 e. The summed E-state index contributed by atoms with van der Waals surface area (Å²) in [5.41, 5.74) is 6.66. The number of nitrogens with one attached hydrogen (secondary N) is 1. The summed E-state index contributed by atoms with van der Waals surface area (Å²) >= 11 is 4.62. The molecule has 0 bridgehead atoms. The van der Waals surface area contributed by atoms with Crippen molar-refractivity contribution in [3.8, 4) is 5.75 Å². The number of nitrogens with two attached hydrogens (primary N) is 1. The minimum atomic E-state index is -0.348. The molecule has 16 heavy (non-hydrogen) atoms. The lowest BCUT2D eigenvalue weighted by molar-refractivity contribution is 0.0974. The topological polar surface area (TPSA) is 64.3 Å². The molecule has 3 N–H and O–H groups in total. The number of hydrogen-bond donors (Lipinski definition) is 2. The zero-order valence-electron chi connectivity index (χ0n) is 9.24. The van der Waals surface area contributed by atoms with Crippen LogP contribution in [0, 0.1) is 0 Å². The molecule has 0 aromatic heterocycles. The quantitative estimate of drug-likeness (QED) is 0.539. The van der Waals surface area contributed by atoms with Gasteiger partial charge in [-0.05, 0) is 25.2 Å². The van der Waals surface area contributed by atoms with Gasteiger partial charge in [0.25, 0.3) is 5.91 Å². The number of carbonyl (C=O) groups excluding carboxylic acids is 1. The minimum Gasteiger partial charge on any atom is -0.493 e. The maximum Gasteiger partial charge on any atom is 0.261 e. The third-order valence-electron chi connectivity index (χ3n) is 1.92. The van der Waals surface area contributed by atoms with Gasteiger partial charge in [-0.3, -0.25) is 10.1 Å². The van der Waals surface area contributed by atoms with E-state index in [2.05, 4.69) is 17.5 Å². The van der Waals surface area contributed by atoms with Gasteiger partial charge in [-0.1, -0.05) is 17.6 Å². The zero-order valence-corrected chi connectivity index (χ0v) is 10.1. The van der Waals surface area contributed by atoms with Gasteiger partial charge in [-0.15, -0.1) is 0 Å². The van der Waals surface area contributed by atoms with E-state index in [0.29, 0.717) is 17.9 Å². The number of hydrogen-bond acceptors (Lipinski definition) is 3. The van der Waals surface area contributed by atoms with E-state index in [4.69, 9.17) is 10.5 Å². The Morgan fingerprint density at radius 2 is 2.31 bits per heavy atom. The number of rotatable bonds is 3. The minimum absolute atomic E-state index is 0.0473. The van der Waals surface area contributed by atoms with Gasteiger partial charge in [0, 0.05) is 0 Å². The highest BCUT2D eigenvalue weighted by atomic mass is 32.1. The second kappa shape index (κ2) is 5.51. The van der Waals surface area contributed by atoms with Gasteiger partial charge in [0.2, 0.25) is 0 Å². The molecule has 0 spiro atoms. The van der Waals surface area contributed by atoms with Gasteiger partial charge >= 0.3 is 0 Å². The Hall–Kier alpha value is -1.56. The first-order valence-corrected chi connectivity index (χ1v) is 5.29. The van der Waals surface area contributed by atoms with Crippen molar-refractivity contribution < 1.29 is 9.53 Å². The third-order valence-corrected chi connectivity index (χ3v) is 2.02. The predicted octanol–water partition coefficient (Wildman–Crippen LogP) is -0.683. The van der Waals surface area contributed by atoms with E-state index in [1.807, 2.05) is 20.8 Å². The van der Waals surface area contributed by atoms with Gasteiger partial charge in [-0.25, -0.2) is 0 Å². The van der Waals surface area contributed by atoms with Crippen LogP contribution in [0.5, 0.6) is 5.75 Å². The molecule has 84 valence electrons. The Balaban J connectivity index is 3.03. The Morgan fingerprint density at radius 3 is 2.88 bits per heavy atom. The van der Waals surface area contributed by atoms with Crippen LogP contribution in [-0.4, -0.2) is 25.5 Å². The van der Waals surface area contributed by atoms with E-state index >= 15 is 0 Å². The highest BCUT2D eigenvalue weighted by Gasteiger charge is 2.12. The third kappa shape index (κ3) is 3.24. The van der Waals surface area contributed by atoms with E-state index in [1.165, 1.54) is 0 Å². The summed E-state index contributed by atoms with van der Waals surface area (Å²) in [7, 11) is 1.90. The van der Waals surface area contributed by atoms with Crippen LogP contribution in [0.4, 0.5) is 0 Å². The molecule has 0 saturated carbocycles. The highest BCUT2D eigenvalue weighted by molar-refractivity contribution is 7.80. The fourth-order valence-electron chi connectivity index (χ4n) is 1.28. The Kier molecular flexibility index (Phi) is 4.31. The molecular weight excluding hydrogens is 223 g/mol. The lowest BCUT2D eigenvalue weighted by atomic mass is 9.94. The standard InChI is InChI=1S/C10H13BN2O2S/c1-2-15-8-4-3-6(11)5-7(8)9(14)13-10(12)16/h3-5H,2,11H2,1H3,(H3,12,13,14,16). The van der Waals surface area contributed by atoms with Crippen molar-refractivity contribution in [1.29, 1.82) is 0 Å². The van der Waals surface area contributed by atoms with Crippen LogP contribution in [0.1, 0.15) is 17.3 Å². The molecule has 0 heterocycles. The molecule has 1 amide bonds. The lowest BCUT2D eigenvalue weighted by Crippen LogP contribution is -2.35. The summed E-state index contributed by atoms with van der Waals surface area (Å²) in [6, 6.07) is 5.37. The van der Waals surface area contributed by atoms with Crippen LogP contribution >= 0.6 is 12.2 Å². The first-order chi connectivity index (χ1) is 7.54. The molecule has 0 radical (unpaired) electrons. The van der Waals surface area contributed by atoms with Crippen molar-refractivity contribution in [1.82, 2.24) is 5.32 Å². The summed E-state index contributed by atoms with van der Waals surface area (Å²) in [5, 5.41) is 2.33. The van der Waals surface area contributed by atoms with Gasteiger partial charge in [0.15, 0.2) is 5.11 Å². The van der Waals surface area contributed by atoms with Gasteiger partial charge in [0.1, 0.15) is 13.6 Å². The monoisotopic (exact) mass is 236 g/mol. The van der Waals surface area contributed by atoms with Crippen molar-refractivity contribution in [3.63, 3.8) is 0 Å². The van der Waals surface area contributed by atoms with Crippen LogP contribution in [0.25, 0.3) is 0 Å². The molecule has 0 atom stereocenters. The number of benzene rings is 1. The summed E-state index contributed by atoms with van der Waals surface area (Å²) in [5.74, 6) is 0.182. The van der Waals surface area contributed by atoms with Crippen LogP contribution in [0.15, 0.2) is 18.2 Å². The molecule has 0 unspecified atom stereocenters. The largest absolute Gasteiger partial charge is 0.493 e. The zero-order chi connectivity index (χ0) is 12.1. The molecule has 0 saturated heterocycles. The van der Waals surface area contributed by atoms with Crippen molar-refractivity contribution in [3.05, 3.63) is 23.8 Å². The molecule has 6 heteroatoms. The van der Waals surface area contributed by atoms with Crippen molar-refractivity contribution in [2.75, 3.05) is 6.61 Å². The van der Waals surface area contributed by atoms with E-state index in [1.54, 1.807) is 12.1 Å². The molecule has 0 aliphatic carbocycles. The lowest BCUT2D eigenvalue weighted by Gasteiger charge is -2.10. The maximum atomic E-state index is 11.7. The van der Waals surface area contributed by atoms with Crippen molar-refractivity contribution in [2.45, 2.75) is 6.92 Å². The molecular formula is C10H13BN2O2S. The molecule has 0 aliphatic heterocycles. The second-order valence-corrected chi connectivity index (χ2v) is 3.69. The first-order valence-electron chi connectivity index (χ1n) is 4.88. The normalized spacial score (nSPS) is 9.56.